The van der Waals surface area contributed by atoms with Crippen LogP contribution in [0.15, 0.2) is 35.2 Å². The maximum absolute atomic E-state index is 11.7. The highest BCUT2D eigenvalue weighted by atomic mass is 32.2. The van der Waals surface area contributed by atoms with Crippen LogP contribution in [0.4, 0.5) is 0 Å². The highest BCUT2D eigenvalue weighted by Gasteiger charge is 2.23. The fraction of sp³-hybridized carbons (Fsp3) is 0.333. The number of rotatable bonds is 3. The van der Waals surface area contributed by atoms with Crippen LogP contribution in [-0.4, -0.2) is 13.0 Å². The van der Waals surface area contributed by atoms with Gasteiger partial charge in [0.05, 0.1) is 0 Å². The predicted octanol–water partition coefficient (Wildman–Crippen LogP) is 3.77. The minimum Gasteiger partial charge on any atom is -0.282 e. The van der Waals surface area contributed by atoms with Crippen LogP contribution < -0.4 is 0 Å². The molecule has 4 heteroatoms. The van der Waals surface area contributed by atoms with Crippen molar-refractivity contribution in [3.8, 4) is 0 Å². The zero-order valence-electron chi connectivity index (χ0n) is 11.3. The molecule has 0 bridgehead atoms. The smallest absolute Gasteiger partial charge is 0.282 e. The Morgan fingerprint density at radius 2 is 1.84 bits per heavy atom. The summed E-state index contributed by atoms with van der Waals surface area (Å²) in [6, 6.07) is 9.53. The van der Waals surface area contributed by atoms with Gasteiger partial charge in [-0.25, -0.2) is 0 Å². The lowest BCUT2D eigenvalue weighted by Crippen LogP contribution is -2.09. The van der Waals surface area contributed by atoms with E-state index in [1.54, 1.807) is 0 Å². The third-order valence-electron chi connectivity index (χ3n) is 3.33. The van der Waals surface area contributed by atoms with Crippen molar-refractivity contribution < 1.29 is 13.0 Å². The standard InChI is InChI=1S/C15H18O3S/c1-4-11-9-12-7-5-6-8-13(12)14(10(2)3)15(11)19(16,17)18/h5-10H,4H2,1-3H3,(H,16,17,18). The van der Waals surface area contributed by atoms with E-state index in [4.69, 9.17) is 0 Å². The Morgan fingerprint density at radius 3 is 2.37 bits per heavy atom. The van der Waals surface area contributed by atoms with Gasteiger partial charge in [0.2, 0.25) is 0 Å². The predicted molar refractivity (Wildman–Crippen MR) is 77.2 cm³/mol. The second kappa shape index (κ2) is 4.94. The molecule has 0 fully saturated rings. The number of fused-ring (bicyclic) bond motifs is 1. The monoisotopic (exact) mass is 278 g/mol. The van der Waals surface area contributed by atoms with Crippen LogP contribution in [0.1, 0.15) is 37.8 Å². The molecule has 0 aliphatic rings. The van der Waals surface area contributed by atoms with Crippen LogP contribution in [0.3, 0.4) is 0 Å². The van der Waals surface area contributed by atoms with Crippen molar-refractivity contribution in [2.75, 3.05) is 0 Å². The maximum atomic E-state index is 11.7. The first-order chi connectivity index (χ1) is 8.86. The minimum atomic E-state index is -4.21. The van der Waals surface area contributed by atoms with Gasteiger partial charge in [-0.3, -0.25) is 4.55 Å². The molecule has 1 N–H and O–H groups in total. The molecule has 3 nitrogen and oxygen atoms in total. The van der Waals surface area contributed by atoms with E-state index in [0.29, 0.717) is 17.5 Å². The molecular formula is C15H18O3S. The summed E-state index contributed by atoms with van der Waals surface area (Å²) in [6.45, 7) is 5.77. The molecule has 102 valence electrons. The molecule has 2 rings (SSSR count). The molecule has 0 saturated heterocycles. The number of aryl methyl sites for hydroxylation is 1. The molecule has 2 aromatic rings. The van der Waals surface area contributed by atoms with E-state index >= 15 is 0 Å². The van der Waals surface area contributed by atoms with Gasteiger partial charge in [0.1, 0.15) is 4.90 Å². The Balaban J connectivity index is 3.03. The molecule has 0 radical (unpaired) electrons. The van der Waals surface area contributed by atoms with E-state index in [9.17, 15) is 13.0 Å². The summed E-state index contributed by atoms with van der Waals surface area (Å²) < 4.78 is 33.0. The van der Waals surface area contributed by atoms with Crippen LogP contribution in [0.5, 0.6) is 0 Å². The lowest BCUT2D eigenvalue weighted by atomic mass is 9.93. The zero-order valence-corrected chi connectivity index (χ0v) is 12.2. The van der Waals surface area contributed by atoms with E-state index in [1.807, 2.05) is 51.1 Å². The molecule has 0 spiro atoms. The normalized spacial score (nSPS) is 12.3. The van der Waals surface area contributed by atoms with Crippen molar-refractivity contribution in [3.05, 3.63) is 41.5 Å². The molecule has 0 aliphatic heterocycles. The largest absolute Gasteiger partial charge is 0.295 e. The molecule has 0 saturated carbocycles. The van der Waals surface area contributed by atoms with Crippen molar-refractivity contribution in [1.82, 2.24) is 0 Å². The van der Waals surface area contributed by atoms with Gasteiger partial charge in [0.25, 0.3) is 10.1 Å². The Labute approximate surface area is 114 Å². The Kier molecular flexibility index (Phi) is 3.65. The first kappa shape index (κ1) is 14.0. The summed E-state index contributed by atoms with van der Waals surface area (Å²) in [7, 11) is -4.21. The number of hydrogen-bond acceptors (Lipinski definition) is 2. The second-order valence-corrected chi connectivity index (χ2v) is 6.34. The molecule has 19 heavy (non-hydrogen) atoms. The zero-order chi connectivity index (χ0) is 14.2. The molecule has 0 atom stereocenters. The summed E-state index contributed by atoms with van der Waals surface area (Å²) in [5, 5.41) is 1.90. The Hall–Kier alpha value is -1.39. The van der Waals surface area contributed by atoms with Crippen molar-refractivity contribution >= 4 is 20.9 Å². The fourth-order valence-corrected chi connectivity index (χ4v) is 3.72. The van der Waals surface area contributed by atoms with Gasteiger partial charge in [-0.05, 0) is 40.3 Å². The van der Waals surface area contributed by atoms with Crippen LogP contribution in [-0.2, 0) is 16.5 Å². The molecule has 0 unspecified atom stereocenters. The first-order valence-electron chi connectivity index (χ1n) is 6.38. The van der Waals surface area contributed by atoms with Gasteiger partial charge < -0.3 is 0 Å². The Bertz CT molecular complexity index is 715. The van der Waals surface area contributed by atoms with Crippen molar-refractivity contribution in [1.29, 1.82) is 0 Å². The van der Waals surface area contributed by atoms with E-state index in [0.717, 1.165) is 10.8 Å². The third-order valence-corrected chi connectivity index (χ3v) is 4.33. The quantitative estimate of drug-likeness (QED) is 0.869. The number of benzene rings is 2. The lowest BCUT2D eigenvalue weighted by molar-refractivity contribution is 0.480. The molecule has 0 aliphatic carbocycles. The Morgan fingerprint density at radius 1 is 1.21 bits per heavy atom. The molecule has 0 amide bonds. The maximum Gasteiger partial charge on any atom is 0.295 e. The summed E-state index contributed by atoms with van der Waals surface area (Å²) >= 11 is 0. The SMILES string of the molecule is CCc1cc2ccccc2c(C(C)C)c1S(=O)(=O)O. The van der Waals surface area contributed by atoms with E-state index < -0.39 is 10.1 Å². The molecule has 2 aromatic carbocycles. The van der Waals surface area contributed by atoms with Crippen LogP contribution >= 0.6 is 0 Å². The van der Waals surface area contributed by atoms with Gasteiger partial charge in [-0.15, -0.1) is 0 Å². The van der Waals surface area contributed by atoms with Crippen molar-refractivity contribution in [2.45, 2.75) is 38.0 Å². The van der Waals surface area contributed by atoms with E-state index in [-0.39, 0.29) is 10.8 Å². The van der Waals surface area contributed by atoms with Gasteiger partial charge in [0.15, 0.2) is 0 Å². The summed E-state index contributed by atoms with van der Waals surface area (Å²) in [6.07, 6.45) is 0.569. The third kappa shape index (κ3) is 2.51. The lowest BCUT2D eigenvalue weighted by Gasteiger charge is -2.18. The summed E-state index contributed by atoms with van der Waals surface area (Å²) in [5.41, 5.74) is 1.38. The van der Waals surface area contributed by atoms with Crippen LogP contribution in [0.2, 0.25) is 0 Å². The number of hydrogen-bond donors (Lipinski definition) is 1. The second-order valence-electron chi connectivity index (χ2n) is 4.98. The van der Waals surface area contributed by atoms with E-state index in [2.05, 4.69) is 0 Å². The van der Waals surface area contributed by atoms with Gasteiger partial charge in [-0.2, -0.15) is 8.42 Å². The topological polar surface area (TPSA) is 54.4 Å². The molecule has 0 aromatic heterocycles. The fourth-order valence-electron chi connectivity index (χ4n) is 2.56. The molecule has 0 heterocycles. The highest BCUT2D eigenvalue weighted by molar-refractivity contribution is 7.86. The average Bonchev–Trinajstić information content (AvgIpc) is 2.34. The van der Waals surface area contributed by atoms with Gasteiger partial charge in [-0.1, -0.05) is 45.0 Å². The van der Waals surface area contributed by atoms with Crippen LogP contribution in [0.25, 0.3) is 10.8 Å². The average molecular weight is 278 g/mol. The van der Waals surface area contributed by atoms with Crippen LogP contribution in [0, 0.1) is 0 Å². The molecular weight excluding hydrogens is 260 g/mol. The highest BCUT2D eigenvalue weighted by Crippen LogP contribution is 2.34. The van der Waals surface area contributed by atoms with Gasteiger partial charge >= 0.3 is 0 Å². The van der Waals surface area contributed by atoms with Crippen molar-refractivity contribution in [2.24, 2.45) is 0 Å². The summed E-state index contributed by atoms with van der Waals surface area (Å²) in [5.74, 6) is 0.0216. The minimum absolute atomic E-state index is 0.0216. The summed E-state index contributed by atoms with van der Waals surface area (Å²) in [4.78, 5) is 0.0868. The van der Waals surface area contributed by atoms with Crippen molar-refractivity contribution in [3.63, 3.8) is 0 Å². The van der Waals surface area contributed by atoms with E-state index in [1.165, 1.54) is 0 Å². The first-order valence-corrected chi connectivity index (χ1v) is 7.82. The van der Waals surface area contributed by atoms with Gasteiger partial charge in [0, 0.05) is 0 Å².